The molecule has 0 radical (unpaired) electrons. The normalized spacial score (nSPS) is 26.1. The Labute approximate surface area is 87.2 Å². The van der Waals surface area contributed by atoms with E-state index < -0.39 is 0 Å². The maximum atomic E-state index is 6.56. The number of hydrogen-bond donors (Lipinski definition) is 1. The summed E-state index contributed by atoms with van der Waals surface area (Å²) < 4.78 is 0. The smallest absolute Gasteiger partial charge is 0.125 e. The van der Waals surface area contributed by atoms with Crippen molar-refractivity contribution in [1.82, 2.24) is 9.80 Å². The minimum atomic E-state index is -0.132. The Hall–Kier alpha value is -0.120. The van der Waals surface area contributed by atoms with Crippen LogP contribution in [0.25, 0.3) is 0 Å². The highest BCUT2D eigenvalue weighted by Crippen LogP contribution is 2.27. The molecule has 0 unspecified atom stereocenters. The zero-order chi connectivity index (χ0) is 10.0. The van der Waals surface area contributed by atoms with Gasteiger partial charge in [0.25, 0.3) is 0 Å². The van der Waals surface area contributed by atoms with Crippen LogP contribution >= 0.6 is 0 Å². The van der Waals surface area contributed by atoms with Gasteiger partial charge in [-0.05, 0) is 32.1 Å². The topological polar surface area (TPSA) is 32.5 Å². The van der Waals surface area contributed by atoms with Gasteiger partial charge in [0.1, 0.15) is 5.79 Å². The molecule has 3 heteroatoms. The highest BCUT2D eigenvalue weighted by Gasteiger charge is 2.39. The van der Waals surface area contributed by atoms with E-state index in [9.17, 15) is 0 Å². The number of rotatable bonds is 3. The molecule has 0 saturated carbocycles. The minimum Gasteiger partial charge on any atom is -0.301 e. The van der Waals surface area contributed by atoms with Gasteiger partial charge < -0.3 is 5.73 Å². The summed E-state index contributed by atoms with van der Waals surface area (Å²) in [5.74, 6) is -0.132. The monoisotopic (exact) mass is 197 g/mol. The van der Waals surface area contributed by atoms with Crippen molar-refractivity contribution in [1.29, 1.82) is 0 Å². The predicted octanol–water partition coefficient (Wildman–Crippen LogP) is 1.20. The molecule has 0 bridgehead atoms. The Morgan fingerprint density at radius 2 is 1.29 bits per heavy atom. The molecule has 2 aliphatic rings. The van der Waals surface area contributed by atoms with Crippen molar-refractivity contribution in [3.8, 4) is 0 Å². The molecule has 2 fully saturated rings. The molecule has 2 rings (SSSR count). The van der Waals surface area contributed by atoms with E-state index in [0.29, 0.717) is 0 Å². The van der Waals surface area contributed by atoms with E-state index in [2.05, 4.69) is 16.7 Å². The highest BCUT2D eigenvalue weighted by molar-refractivity contribution is 4.88. The second-order valence-electron chi connectivity index (χ2n) is 4.62. The van der Waals surface area contributed by atoms with Gasteiger partial charge in [-0.25, -0.2) is 0 Å². The molecular formula is C11H23N3. The average molecular weight is 197 g/mol. The average Bonchev–Trinajstić information content (AvgIpc) is 2.88. The third kappa shape index (κ3) is 1.69. The van der Waals surface area contributed by atoms with Crippen molar-refractivity contribution >= 4 is 0 Å². The summed E-state index contributed by atoms with van der Waals surface area (Å²) in [6, 6.07) is 0. The van der Waals surface area contributed by atoms with Gasteiger partial charge in [0.2, 0.25) is 0 Å². The Morgan fingerprint density at radius 1 is 0.929 bits per heavy atom. The molecule has 0 aromatic carbocycles. The minimum absolute atomic E-state index is 0.132. The summed E-state index contributed by atoms with van der Waals surface area (Å²) in [7, 11) is 0. The first-order valence-corrected chi connectivity index (χ1v) is 6.06. The summed E-state index contributed by atoms with van der Waals surface area (Å²) in [4.78, 5) is 4.97. The van der Waals surface area contributed by atoms with Gasteiger partial charge >= 0.3 is 0 Å². The largest absolute Gasteiger partial charge is 0.301 e. The van der Waals surface area contributed by atoms with Crippen molar-refractivity contribution in [3.63, 3.8) is 0 Å². The third-order valence-corrected chi connectivity index (χ3v) is 3.83. The van der Waals surface area contributed by atoms with Crippen LogP contribution in [0.15, 0.2) is 0 Å². The van der Waals surface area contributed by atoms with Crippen molar-refractivity contribution in [2.24, 2.45) is 5.73 Å². The Bertz CT molecular complexity index is 165. The van der Waals surface area contributed by atoms with Gasteiger partial charge in [-0.1, -0.05) is 6.92 Å². The fraction of sp³-hybridized carbons (Fsp3) is 1.00. The molecule has 2 heterocycles. The van der Waals surface area contributed by atoms with Crippen LogP contribution in [0, 0.1) is 0 Å². The first kappa shape index (κ1) is 10.4. The van der Waals surface area contributed by atoms with Crippen LogP contribution in [-0.4, -0.2) is 41.8 Å². The van der Waals surface area contributed by atoms with E-state index in [1.165, 1.54) is 51.9 Å². The van der Waals surface area contributed by atoms with Crippen molar-refractivity contribution < 1.29 is 0 Å². The Morgan fingerprint density at radius 3 is 1.57 bits per heavy atom. The van der Waals surface area contributed by atoms with E-state index >= 15 is 0 Å². The van der Waals surface area contributed by atoms with Crippen LogP contribution in [0.3, 0.4) is 0 Å². The molecule has 14 heavy (non-hydrogen) atoms. The van der Waals surface area contributed by atoms with Crippen LogP contribution in [0.4, 0.5) is 0 Å². The molecule has 2 aliphatic heterocycles. The lowest BCUT2D eigenvalue weighted by Crippen LogP contribution is -2.65. The second-order valence-corrected chi connectivity index (χ2v) is 4.62. The third-order valence-electron chi connectivity index (χ3n) is 3.83. The molecule has 82 valence electrons. The van der Waals surface area contributed by atoms with Gasteiger partial charge in [0.15, 0.2) is 0 Å². The SMILES string of the molecule is CCC(N)(N1CCCC1)N1CCCC1. The molecule has 0 aliphatic carbocycles. The number of likely N-dealkylation sites (tertiary alicyclic amines) is 2. The number of nitrogens with two attached hydrogens (primary N) is 1. The lowest BCUT2D eigenvalue weighted by molar-refractivity contribution is -0.0323. The zero-order valence-corrected chi connectivity index (χ0v) is 9.34. The maximum absolute atomic E-state index is 6.56. The van der Waals surface area contributed by atoms with Crippen molar-refractivity contribution in [2.45, 2.75) is 44.8 Å². The van der Waals surface area contributed by atoms with Gasteiger partial charge in [0, 0.05) is 26.2 Å². The standard InChI is InChI=1S/C11H23N3/c1-2-11(12,13-7-3-4-8-13)14-9-5-6-10-14/h2-10,12H2,1H3. The molecular weight excluding hydrogens is 174 g/mol. The summed E-state index contributed by atoms with van der Waals surface area (Å²) in [6.07, 6.45) is 6.35. The zero-order valence-electron chi connectivity index (χ0n) is 9.34. The van der Waals surface area contributed by atoms with Crippen LogP contribution < -0.4 is 5.73 Å². The molecule has 2 N–H and O–H groups in total. The molecule has 0 amide bonds. The quantitative estimate of drug-likeness (QED) is 0.738. The first-order valence-electron chi connectivity index (χ1n) is 6.06. The fourth-order valence-corrected chi connectivity index (χ4v) is 2.86. The van der Waals surface area contributed by atoms with Crippen LogP contribution in [0.2, 0.25) is 0 Å². The summed E-state index contributed by atoms with van der Waals surface area (Å²) in [5, 5.41) is 0. The van der Waals surface area contributed by atoms with Gasteiger partial charge in [-0.15, -0.1) is 0 Å². The summed E-state index contributed by atoms with van der Waals surface area (Å²) in [5.41, 5.74) is 6.56. The number of hydrogen-bond acceptors (Lipinski definition) is 3. The Balaban J connectivity index is 2.06. The van der Waals surface area contributed by atoms with Crippen LogP contribution in [0.5, 0.6) is 0 Å². The summed E-state index contributed by atoms with van der Waals surface area (Å²) in [6.45, 7) is 7.00. The van der Waals surface area contributed by atoms with E-state index in [-0.39, 0.29) is 5.79 Å². The van der Waals surface area contributed by atoms with Crippen LogP contribution in [0.1, 0.15) is 39.0 Å². The maximum Gasteiger partial charge on any atom is 0.125 e. The Kier molecular flexibility index (Phi) is 3.10. The van der Waals surface area contributed by atoms with E-state index in [1.54, 1.807) is 0 Å². The van der Waals surface area contributed by atoms with Crippen molar-refractivity contribution in [2.75, 3.05) is 26.2 Å². The number of nitrogens with zero attached hydrogens (tertiary/aromatic N) is 2. The van der Waals surface area contributed by atoms with Crippen molar-refractivity contribution in [3.05, 3.63) is 0 Å². The van der Waals surface area contributed by atoms with E-state index in [4.69, 9.17) is 5.73 Å². The molecule has 0 spiro atoms. The van der Waals surface area contributed by atoms with E-state index in [1.807, 2.05) is 0 Å². The second kappa shape index (κ2) is 4.17. The van der Waals surface area contributed by atoms with Crippen LogP contribution in [-0.2, 0) is 0 Å². The first-order chi connectivity index (χ1) is 6.77. The predicted molar refractivity (Wildman–Crippen MR) is 58.8 cm³/mol. The molecule has 3 nitrogen and oxygen atoms in total. The van der Waals surface area contributed by atoms with Gasteiger partial charge in [-0.3, -0.25) is 9.80 Å². The molecule has 0 atom stereocenters. The van der Waals surface area contributed by atoms with Gasteiger partial charge in [0.05, 0.1) is 0 Å². The fourth-order valence-electron chi connectivity index (χ4n) is 2.86. The summed E-state index contributed by atoms with van der Waals surface area (Å²) >= 11 is 0. The van der Waals surface area contributed by atoms with Gasteiger partial charge in [-0.2, -0.15) is 0 Å². The van der Waals surface area contributed by atoms with E-state index in [0.717, 1.165) is 6.42 Å². The molecule has 0 aromatic heterocycles. The lowest BCUT2D eigenvalue weighted by atomic mass is 10.2. The highest BCUT2D eigenvalue weighted by atomic mass is 15.5. The molecule has 0 aromatic rings. The lowest BCUT2D eigenvalue weighted by Gasteiger charge is -2.44. The molecule has 2 saturated heterocycles.